The van der Waals surface area contributed by atoms with Gasteiger partial charge in [-0.2, -0.15) is 0 Å². The third-order valence-electron chi connectivity index (χ3n) is 4.12. The van der Waals surface area contributed by atoms with E-state index in [1.165, 1.54) is 25.7 Å². The molecule has 0 radical (unpaired) electrons. The van der Waals surface area contributed by atoms with Crippen molar-refractivity contribution in [2.75, 3.05) is 0 Å². The number of hydrogen-bond acceptors (Lipinski definition) is 4. The molecule has 0 aliphatic heterocycles. The van der Waals surface area contributed by atoms with E-state index in [2.05, 4.69) is 33.2 Å². The van der Waals surface area contributed by atoms with Crippen molar-refractivity contribution in [3.63, 3.8) is 0 Å². The zero-order valence-electron chi connectivity index (χ0n) is 18.1. The molecular weight excluding hydrogens is 624 g/mol. The maximum absolute atomic E-state index is 9.75. The number of halogens is 4. The average molecular weight is 654 g/mol. The van der Waals surface area contributed by atoms with Gasteiger partial charge in [-0.15, -0.1) is 9.36 Å². The molecular formula is C16H30AuBF4N6S2. The Morgan fingerprint density at radius 2 is 1.07 bits per heavy atom. The molecule has 0 saturated heterocycles. The van der Waals surface area contributed by atoms with Gasteiger partial charge in [0.05, 0.1) is 27.2 Å². The SMILES string of the molecule is CCCC[n+]1c([S-])nn(C)c1C.CCCC[n+]1c([S-])nn(C)c1C.F[B-](F)(F)F.[Au+]. The molecule has 2 heterocycles. The molecule has 0 N–H and O–H groups in total. The zero-order valence-corrected chi connectivity index (χ0v) is 21.9. The summed E-state index contributed by atoms with van der Waals surface area (Å²) in [5, 5.41) is 9.71. The molecule has 0 saturated carbocycles. The van der Waals surface area contributed by atoms with Crippen LogP contribution in [0.4, 0.5) is 17.3 Å². The van der Waals surface area contributed by atoms with Crippen LogP contribution in [0.3, 0.4) is 0 Å². The second-order valence-electron chi connectivity index (χ2n) is 6.41. The van der Waals surface area contributed by atoms with Crippen molar-refractivity contribution >= 4 is 32.5 Å². The van der Waals surface area contributed by atoms with Gasteiger partial charge in [0.1, 0.15) is 0 Å². The normalized spacial score (nSPS) is 10.5. The third-order valence-corrected chi connectivity index (χ3v) is 4.73. The topological polar surface area (TPSA) is 43.4 Å². The maximum Gasteiger partial charge on any atom is 1.00 e. The van der Waals surface area contributed by atoms with E-state index in [0.29, 0.717) is 10.3 Å². The summed E-state index contributed by atoms with van der Waals surface area (Å²) in [4.78, 5) is 0. The van der Waals surface area contributed by atoms with Crippen LogP contribution in [0.2, 0.25) is 0 Å². The molecule has 0 bridgehead atoms. The van der Waals surface area contributed by atoms with Gasteiger partial charge in [-0.25, -0.2) is 0 Å². The molecule has 0 fully saturated rings. The summed E-state index contributed by atoms with van der Waals surface area (Å²) in [6.07, 6.45) is 4.72. The fourth-order valence-corrected chi connectivity index (χ4v) is 2.97. The minimum atomic E-state index is -6.00. The number of hydrogen-bond donors (Lipinski definition) is 0. The molecule has 0 aliphatic carbocycles. The largest absolute Gasteiger partial charge is 1.00 e. The van der Waals surface area contributed by atoms with Gasteiger partial charge in [-0.1, -0.05) is 26.7 Å². The summed E-state index contributed by atoms with van der Waals surface area (Å²) in [5.41, 5.74) is 0. The first-order valence-electron chi connectivity index (χ1n) is 9.41. The first-order valence-corrected chi connectivity index (χ1v) is 10.2. The monoisotopic (exact) mass is 654 g/mol. The minimum Gasteiger partial charge on any atom is -0.703 e. The van der Waals surface area contributed by atoms with E-state index in [9.17, 15) is 17.3 Å². The molecule has 0 atom stereocenters. The molecule has 14 heteroatoms. The molecule has 2 aromatic heterocycles. The molecule has 6 nitrogen and oxygen atoms in total. The van der Waals surface area contributed by atoms with E-state index in [1.807, 2.05) is 37.3 Å². The van der Waals surface area contributed by atoms with E-state index >= 15 is 0 Å². The molecule has 0 amide bonds. The van der Waals surface area contributed by atoms with E-state index < -0.39 is 7.25 Å². The molecule has 2 aromatic rings. The van der Waals surface area contributed by atoms with Crippen molar-refractivity contribution in [3.05, 3.63) is 11.6 Å². The van der Waals surface area contributed by atoms with Gasteiger partial charge in [0.15, 0.2) is 10.3 Å². The molecule has 0 aliphatic rings. The molecule has 2 rings (SSSR count). The van der Waals surface area contributed by atoms with Crippen molar-refractivity contribution in [1.29, 1.82) is 0 Å². The smallest absolute Gasteiger partial charge is 0.703 e. The van der Waals surface area contributed by atoms with Gasteiger partial charge in [0.2, 0.25) is 11.6 Å². The van der Waals surface area contributed by atoms with Crippen molar-refractivity contribution in [1.82, 2.24) is 19.6 Å². The number of aromatic nitrogens is 6. The summed E-state index contributed by atoms with van der Waals surface area (Å²) in [5.74, 6) is 2.27. The van der Waals surface area contributed by atoms with E-state index in [4.69, 9.17) is 25.3 Å². The molecule has 30 heavy (non-hydrogen) atoms. The van der Waals surface area contributed by atoms with Crippen molar-refractivity contribution in [2.24, 2.45) is 14.1 Å². The van der Waals surface area contributed by atoms with Crippen molar-refractivity contribution in [2.45, 2.75) is 76.8 Å². The van der Waals surface area contributed by atoms with Crippen LogP contribution in [0.15, 0.2) is 10.3 Å². The Labute approximate surface area is 202 Å². The van der Waals surface area contributed by atoms with Gasteiger partial charge in [0.25, 0.3) is 0 Å². The van der Waals surface area contributed by atoms with Crippen LogP contribution in [0.5, 0.6) is 0 Å². The Morgan fingerprint density at radius 3 is 1.23 bits per heavy atom. The van der Waals surface area contributed by atoms with Gasteiger partial charge in [-0.05, 0) is 12.8 Å². The van der Waals surface area contributed by atoms with Crippen LogP contribution in [-0.4, -0.2) is 26.8 Å². The third kappa shape index (κ3) is 12.2. The molecule has 0 aromatic carbocycles. The van der Waals surface area contributed by atoms with Crippen molar-refractivity contribution < 1.29 is 48.8 Å². The molecule has 178 valence electrons. The minimum absolute atomic E-state index is 0. The number of nitrogens with zero attached hydrogens (tertiary/aromatic N) is 6. The van der Waals surface area contributed by atoms with Crippen molar-refractivity contribution in [3.8, 4) is 0 Å². The predicted molar refractivity (Wildman–Crippen MR) is 108 cm³/mol. The van der Waals surface area contributed by atoms with Gasteiger partial charge in [-0.3, -0.25) is 9.13 Å². The standard InChI is InChI=1S/2C8H15N3S.Au.BF4/c2*1-4-5-6-11-7(2)10(3)9-8(11)12;;2-1(3,4)5/h2*4-6H2,1-3H3;;/q;;+1;-1. The fourth-order valence-electron chi connectivity index (χ4n) is 2.28. The number of aryl methyl sites for hydroxylation is 2. The maximum atomic E-state index is 9.75. The first-order chi connectivity index (χ1) is 13.3. The van der Waals surface area contributed by atoms with Crippen LogP contribution in [0.25, 0.3) is 0 Å². The second kappa shape index (κ2) is 15.1. The zero-order chi connectivity index (χ0) is 22.8. The average Bonchev–Trinajstić information content (AvgIpc) is 2.98. The first kappa shape index (κ1) is 31.4. The Balaban J connectivity index is 0. The Morgan fingerprint density at radius 1 is 0.800 bits per heavy atom. The molecule has 0 unspecified atom stereocenters. The second-order valence-corrected chi connectivity index (χ2v) is 7.14. The van der Waals surface area contributed by atoms with Gasteiger partial charge >= 0.3 is 29.6 Å². The Kier molecular flexibility index (Phi) is 15.8. The van der Waals surface area contributed by atoms with Gasteiger partial charge < -0.3 is 42.5 Å². The fraction of sp³-hybridized carbons (Fsp3) is 0.750. The number of unbranched alkanes of at least 4 members (excludes halogenated alkanes) is 2. The van der Waals surface area contributed by atoms with Crippen LogP contribution in [0.1, 0.15) is 51.2 Å². The van der Waals surface area contributed by atoms with Crippen LogP contribution < -0.4 is 9.13 Å². The quantitative estimate of drug-likeness (QED) is 0.208. The number of rotatable bonds is 6. The van der Waals surface area contributed by atoms with E-state index in [0.717, 1.165) is 24.7 Å². The van der Waals surface area contributed by atoms with Crippen LogP contribution in [-0.2, 0) is 74.8 Å². The van der Waals surface area contributed by atoms with Crippen LogP contribution in [0, 0.1) is 13.8 Å². The van der Waals surface area contributed by atoms with E-state index in [-0.39, 0.29) is 22.4 Å². The summed E-state index contributed by atoms with van der Waals surface area (Å²) < 4.78 is 46.8. The summed E-state index contributed by atoms with van der Waals surface area (Å²) >= 11 is 10.2. The Hall–Kier alpha value is -0.755. The Bertz CT molecular complexity index is 693. The summed E-state index contributed by atoms with van der Waals surface area (Å²) in [7, 11) is -2.15. The van der Waals surface area contributed by atoms with Gasteiger partial charge in [0, 0.05) is 24.0 Å². The van der Waals surface area contributed by atoms with Crippen LogP contribution >= 0.6 is 0 Å². The summed E-state index contributed by atoms with van der Waals surface area (Å²) in [6.45, 7) is 10.4. The summed E-state index contributed by atoms with van der Waals surface area (Å²) in [6, 6.07) is 0. The van der Waals surface area contributed by atoms with E-state index in [1.54, 1.807) is 0 Å². The molecule has 0 spiro atoms. The predicted octanol–water partition coefficient (Wildman–Crippen LogP) is 2.74.